The number of rotatable bonds is 6. The van der Waals surface area contributed by atoms with Crippen LogP contribution in [0, 0.1) is 13.8 Å². The number of carbonyl (C=O) groups is 1. The summed E-state index contributed by atoms with van der Waals surface area (Å²) < 4.78 is 10.2. The molecule has 0 N–H and O–H groups in total. The summed E-state index contributed by atoms with van der Waals surface area (Å²) in [6.07, 6.45) is 4.39. The molecule has 188 valence electrons. The van der Waals surface area contributed by atoms with Crippen LogP contribution in [0.3, 0.4) is 0 Å². The van der Waals surface area contributed by atoms with Gasteiger partial charge in [0.05, 0.1) is 22.4 Å². The molecule has 4 aromatic rings. The van der Waals surface area contributed by atoms with Gasteiger partial charge in [-0.3, -0.25) is 9.36 Å². The number of thiazole rings is 1. The Balaban J connectivity index is 1.61. The van der Waals surface area contributed by atoms with E-state index in [1.807, 2.05) is 53.9 Å². The summed E-state index contributed by atoms with van der Waals surface area (Å²) >= 11 is 2.89. The molecule has 6 nitrogen and oxygen atoms in total. The Morgan fingerprint density at radius 2 is 1.92 bits per heavy atom. The fourth-order valence-corrected chi connectivity index (χ4v) is 6.96. The zero-order valence-electron chi connectivity index (χ0n) is 20.9. The van der Waals surface area contributed by atoms with E-state index in [1.165, 1.54) is 46.9 Å². The van der Waals surface area contributed by atoms with Gasteiger partial charge in [-0.15, -0.1) is 11.3 Å². The van der Waals surface area contributed by atoms with Crippen molar-refractivity contribution in [1.82, 2.24) is 9.13 Å². The van der Waals surface area contributed by atoms with Crippen LogP contribution >= 0.6 is 22.7 Å². The average molecular weight is 530 g/mol. The van der Waals surface area contributed by atoms with Crippen molar-refractivity contribution in [2.45, 2.75) is 45.7 Å². The first-order chi connectivity index (χ1) is 18.0. The number of benzene rings is 1. The molecule has 37 heavy (non-hydrogen) atoms. The van der Waals surface area contributed by atoms with Crippen LogP contribution in [0.25, 0.3) is 11.8 Å². The first-order valence-electron chi connectivity index (χ1n) is 12.5. The highest BCUT2D eigenvalue weighted by Gasteiger charge is 2.35. The van der Waals surface area contributed by atoms with Gasteiger partial charge in [0.15, 0.2) is 4.80 Å². The summed E-state index contributed by atoms with van der Waals surface area (Å²) in [4.78, 5) is 33.7. The highest BCUT2D eigenvalue weighted by Crippen LogP contribution is 2.39. The van der Waals surface area contributed by atoms with Gasteiger partial charge in [-0.1, -0.05) is 47.7 Å². The molecular formula is C29H27N3O3S2. The topological polar surface area (TPSA) is 65.6 Å². The monoisotopic (exact) mass is 529 g/mol. The Kier molecular flexibility index (Phi) is 6.09. The Morgan fingerprint density at radius 3 is 2.59 bits per heavy atom. The minimum absolute atomic E-state index is 0.146. The molecule has 3 aromatic heterocycles. The molecule has 1 saturated carbocycles. The van der Waals surface area contributed by atoms with Gasteiger partial charge in [0.2, 0.25) is 0 Å². The van der Waals surface area contributed by atoms with E-state index in [1.54, 1.807) is 11.5 Å². The fourth-order valence-electron chi connectivity index (χ4n) is 5.14. The number of ether oxygens (including phenoxy) is 1. The first-order valence-corrected chi connectivity index (χ1v) is 14.2. The van der Waals surface area contributed by atoms with Gasteiger partial charge in [-0.2, -0.15) is 0 Å². The summed E-state index contributed by atoms with van der Waals surface area (Å²) in [5.74, 6) is -0.453. The van der Waals surface area contributed by atoms with Crippen LogP contribution in [0.4, 0.5) is 0 Å². The van der Waals surface area contributed by atoms with Crippen LogP contribution in [-0.2, 0) is 9.53 Å². The predicted molar refractivity (Wildman–Crippen MR) is 148 cm³/mol. The fraction of sp³-hybridized carbons (Fsp3) is 0.276. The summed E-state index contributed by atoms with van der Waals surface area (Å²) in [5.41, 5.74) is 5.06. The highest BCUT2D eigenvalue weighted by atomic mass is 32.1. The molecule has 1 aliphatic carbocycles. The van der Waals surface area contributed by atoms with Crippen LogP contribution < -0.4 is 14.9 Å². The minimum Gasteiger partial charge on any atom is -0.463 e. The lowest BCUT2D eigenvalue weighted by Gasteiger charge is -2.24. The van der Waals surface area contributed by atoms with Gasteiger partial charge in [0.1, 0.15) is 6.04 Å². The number of thiophene rings is 1. The smallest absolute Gasteiger partial charge is 0.338 e. The molecule has 0 radical (unpaired) electrons. The van der Waals surface area contributed by atoms with Gasteiger partial charge in [0.25, 0.3) is 5.56 Å². The molecular weight excluding hydrogens is 502 g/mol. The zero-order valence-corrected chi connectivity index (χ0v) is 22.6. The van der Waals surface area contributed by atoms with Crippen LogP contribution in [0.2, 0.25) is 0 Å². The van der Waals surface area contributed by atoms with Gasteiger partial charge in [-0.25, -0.2) is 9.79 Å². The Bertz CT molecular complexity index is 1700. The van der Waals surface area contributed by atoms with E-state index in [2.05, 4.69) is 24.5 Å². The SMILES string of the molecule is CCOC(=O)C1=C(c2ccccc2)N=c2s/c(=C\c3cc(C)n(C4CC4)c3C)c(=O)n2C1c1cccs1. The van der Waals surface area contributed by atoms with Crippen molar-refractivity contribution >= 4 is 40.4 Å². The minimum atomic E-state index is -0.605. The lowest BCUT2D eigenvalue weighted by molar-refractivity contribution is -0.138. The molecule has 0 saturated heterocycles. The molecule has 6 rings (SSSR count). The Morgan fingerprint density at radius 1 is 1.14 bits per heavy atom. The standard InChI is InChI=1S/C29H27N3O3S2/c1-4-35-28(34)24-25(19-9-6-5-7-10-19)30-29-32(26(24)22-11-8-14-36-22)27(33)23(37-29)16-20-15-17(2)31(18(20)3)21-12-13-21/h5-11,14-16,21,26H,4,12-13H2,1-3H3/b23-16-. The predicted octanol–water partition coefficient (Wildman–Crippen LogP) is 4.75. The van der Waals surface area contributed by atoms with E-state index in [9.17, 15) is 9.59 Å². The normalized spacial score (nSPS) is 17.6. The zero-order chi connectivity index (χ0) is 25.7. The molecule has 1 atom stereocenters. The average Bonchev–Trinajstić information content (AvgIpc) is 3.35. The largest absolute Gasteiger partial charge is 0.463 e. The molecule has 4 heterocycles. The van der Waals surface area contributed by atoms with E-state index in [4.69, 9.17) is 9.73 Å². The summed E-state index contributed by atoms with van der Waals surface area (Å²) in [5, 5.41) is 1.96. The number of hydrogen-bond donors (Lipinski definition) is 0. The van der Waals surface area contributed by atoms with Gasteiger partial charge in [-0.05, 0) is 62.8 Å². The van der Waals surface area contributed by atoms with Crippen molar-refractivity contribution < 1.29 is 9.53 Å². The molecule has 2 aliphatic rings. The third kappa shape index (κ3) is 4.14. The second kappa shape index (κ2) is 9.43. The van der Waals surface area contributed by atoms with Crippen LogP contribution in [0.1, 0.15) is 59.2 Å². The first kappa shape index (κ1) is 23.9. The van der Waals surface area contributed by atoms with E-state index in [0.29, 0.717) is 26.6 Å². The number of carbonyl (C=O) groups excluding carboxylic acids is 1. The van der Waals surface area contributed by atoms with Crippen molar-refractivity contribution in [2.75, 3.05) is 6.61 Å². The Labute approximate surface area is 222 Å². The highest BCUT2D eigenvalue weighted by molar-refractivity contribution is 7.10. The number of esters is 1. The number of nitrogens with zero attached hydrogens (tertiary/aromatic N) is 3. The molecule has 1 aliphatic heterocycles. The van der Waals surface area contributed by atoms with Crippen LogP contribution in [-0.4, -0.2) is 21.7 Å². The van der Waals surface area contributed by atoms with E-state index >= 15 is 0 Å². The summed E-state index contributed by atoms with van der Waals surface area (Å²) in [6.45, 7) is 6.27. The van der Waals surface area contributed by atoms with Gasteiger partial charge >= 0.3 is 5.97 Å². The quantitative estimate of drug-likeness (QED) is 0.339. The number of fused-ring (bicyclic) bond motifs is 1. The maximum Gasteiger partial charge on any atom is 0.338 e. The van der Waals surface area contributed by atoms with Crippen LogP contribution in [0.5, 0.6) is 0 Å². The molecule has 8 heteroatoms. The molecule has 0 bridgehead atoms. The number of aryl methyl sites for hydroxylation is 1. The molecule has 0 spiro atoms. The van der Waals surface area contributed by atoms with E-state index in [-0.39, 0.29) is 12.2 Å². The molecule has 1 aromatic carbocycles. The lowest BCUT2D eigenvalue weighted by Crippen LogP contribution is -2.39. The van der Waals surface area contributed by atoms with Crippen molar-refractivity contribution in [2.24, 2.45) is 4.99 Å². The van der Waals surface area contributed by atoms with Crippen molar-refractivity contribution in [3.63, 3.8) is 0 Å². The van der Waals surface area contributed by atoms with E-state index < -0.39 is 12.0 Å². The van der Waals surface area contributed by atoms with Crippen molar-refractivity contribution in [3.05, 3.63) is 107 Å². The number of hydrogen-bond acceptors (Lipinski definition) is 6. The number of aromatic nitrogens is 2. The molecule has 0 amide bonds. The maximum atomic E-state index is 13.9. The van der Waals surface area contributed by atoms with Crippen molar-refractivity contribution in [1.29, 1.82) is 0 Å². The van der Waals surface area contributed by atoms with E-state index in [0.717, 1.165) is 16.0 Å². The third-order valence-corrected chi connectivity index (χ3v) is 8.82. The van der Waals surface area contributed by atoms with Gasteiger partial charge < -0.3 is 9.30 Å². The van der Waals surface area contributed by atoms with Crippen LogP contribution in [0.15, 0.2) is 69.3 Å². The third-order valence-electron chi connectivity index (χ3n) is 6.91. The second-order valence-electron chi connectivity index (χ2n) is 9.37. The summed E-state index contributed by atoms with van der Waals surface area (Å²) in [6, 6.07) is 15.7. The maximum absolute atomic E-state index is 13.9. The summed E-state index contributed by atoms with van der Waals surface area (Å²) in [7, 11) is 0. The molecule has 1 unspecified atom stereocenters. The second-order valence-corrected chi connectivity index (χ2v) is 11.4. The Hall–Kier alpha value is -3.49. The molecule has 1 fully saturated rings. The van der Waals surface area contributed by atoms with Crippen molar-refractivity contribution in [3.8, 4) is 0 Å². The van der Waals surface area contributed by atoms with Gasteiger partial charge in [0, 0.05) is 27.9 Å². The lowest BCUT2D eigenvalue weighted by atomic mass is 9.97.